The van der Waals surface area contributed by atoms with Gasteiger partial charge in [0, 0.05) is 22.4 Å². The summed E-state index contributed by atoms with van der Waals surface area (Å²) in [6.07, 6.45) is -3.06. The zero-order valence-electron chi connectivity index (χ0n) is 15.1. The van der Waals surface area contributed by atoms with Gasteiger partial charge in [-0.3, -0.25) is 9.59 Å². The Kier molecular flexibility index (Phi) is 6.33. The molecule has 2 rings (SSSR count). The highest BCUT2D eigenvalue weighted by atomic mass is 19.3. The molecule has 2 aromatic rings. The monoisotopic (exact) mass is 386 g/mol. The van der Waals surface area contributed by atoms with E-state index in [1.807, 2.05) is 0 Å². The fourth-order valence-corrected chi connectivity index (χ4v) is 2.29. The summed E-state index contributed by atoms with van der Waals surface area (Å²) in [4.78, 5) is 23.8. The third-order valence-corrected chi connectivity index (χ3v) is 4.06. The van der Waals surface area contributed by atoms with Gasteiger partial charge in [-0.1, -0.05) is 11.8 Å². The lowest BCUT2D eigenvalue weighted by Gasteiger charge is -2.31. The maximum atomic E-state index is 13.1. The van der Waals surface area contributed by atoms with Crippen LogP contribution in [0.2, 0.25) is 0 Å². The van der Waals surface area contributed by atoms with Crippen LogP contribution in [0.15, 0.2) is 48.5 Å². The zero-order valence-corrected chi connectivity index (χ0v) is 15.1. The number of alkyl halides is 2. The quantitative estimate of drug-likeness (QED) is 0.456. The first-order chi connectivity index (χ1) is 13.1. The van der Waals surface area contributed by atoms with E-state index in [1.54, 1.807) is 36.4 Å². The van der Waals surface area contributed by atoms with Gasteiger partial charge in [0.15, 0.2) is 0 Å². The van der Waals surface area contributed by atoms with E-state index in [4.69, 9.17) is 17.2 Å². The standard InChI is InChI=1S/C20H20F2N4O2/c1-20(25,19(21)22)16(17(24)27)26-18(28)14-8-4-12(5-9-14)2-3-13-6-10-15(23)11-7-13/h4-11,16,19H,23,25H2,1H3,(H2,24,27)(H,26,28). The number of anilines is 1. The molecular weight excluding hydrogens is 366 g/mol. The van der Waals surface area contributed by atoms with E-state index in [0.717, 1.165) is 12.5 Å². The Morgan fingerprint density at radius 3 is 1.89 bits per heavy atom. The van der Waals surface area contributed by atoms with Gasteiger partial charge in [-0.05, 0) is 55.5 Å². The van der Waals surface area contributed by atoms with Gasteiger partial charge in [-0.2, -0.15) is 0 Å². The molecule has 7 N–H and O–H groups in total. The summed E-state index contributed by atoms with van der Waals surface area (Å²) in [5, 5.41) is 2.17. The number of benzene rings is 2. The number of halogens is 2. The minimum absolute atomic E-state index is 0.148. The Morgan fingerprint density at radius 1 is 1.00 bits per heavy atom. The van der Waals surface area contributed by atoms with Crippen molar-refractivity contribution in [2.24, 2.45) is 11.5 Å². The summed E-state index contributed by atoms with van der Waals surface area (Å²) < 4.78 is 26.1. The van der Waals surface area contributed by atoms with Crippen LogP contribution in [0.25, 0.3) is 0 Å². The Labute approximate surface area is 161 Å². The molecule has 8 heteroatoms. The van der Waals surface area contributed by atoms with Crippen molar-refractivity contribution in [1.29, 1.82) is 0 Å². The highest BCUT2D eigenvalue weighted by Crippen LogP contribution is 2.17. The topological polar surface area (TPSA) is 124 Å². The van der Waals surface area contributed by atoms with E-state index in [-0.39, 0.29) is 5.56 Å². The van der Waals surface area contributed by atoms with Gasteiger partial charge in [0.2, 0.25) is 5.91 Å². The molecule has 0 bridgehead atoms. The van der Waals surface area contributed by atoms with E-state index in [1.165, 1.54) is 12.1 Å². The largest absolute Gasteiger partial charge is 0.399 e. The Morgan fingerprint density at radius 2 is 1.46 bits per heavy atom. The van der Waals surface area contributed by atoms with E-state index >= 15 is 0 Å². The van der Waals surface area contributed by atoms with E-state index < -0.39 is 29.8 Å². The number of hydrogen-bond acceptors (Lipinski definition) is 4. The summed E-state index contributed by atoms with van der Waals surface area (Å²) in [5.41, 5.74) is 16.1. The molecule has 0 heterocycles. The second kappa shape index (κ2) is 8.50. The fraction of sp³-hybridized carbons (Fsp3) is 0.200. The number of primary amides is 1. The van der Waals surface area contributed by atoms with Gasteiger partial charge >= 0.3 is 0 Å². The Hall–Kier alpha value is -3.44. The first kappa shape index (κ1) is 20.9. The minimum Gasteiger partial charge on any atom is -0.399 e. The van der Waals surface area contributed by atoms with Crippen molar-refractivity contribution in [2.45, 2.75) is 24.9 Å². The average molecular weight is 386 g/mol. The summed E-state index contributed by atoms with van der Waals surface area (Å²) >= 11 is 0. The third kappa shape index (κ3) is 5.05. The molecule has 0 saturated heterocycles. The first-order valence-corrected chi connectivity index (χ1v) is 8.26. The van der Waals surface area contributed by atoms with Crippen molar-refractivity contribution >= 4 is 17.5 Å². The van der Waals surface area contributed by atoms with Gasteiger partial charge in [0.05, 0.1) is 0 Å². The summed E-state index contributed by atoms with van der Waals surface area (Å²) in [6, 6.07) is 11.4. The summed E-state index contributed by atoms with van der Waals surface area (Å²) in [7, 11) is 0. The zero-order chi connectivity index (χ0) is 20.9. The molecule has 2 atom stereocenters. The van der Waals surface area contributed by atoms with Crippen LogP contribution in [0, 0.1) is 11.8 Å². The van der Waals surface area contributed by atoms with Crippen molar-refractivity contribution in [3.05, 3.63) is 65.2 Å². The van der Waals surface area contributed by atoms with Crippen LogP contribution < -0.4 is 22.5 Å². The van der Waals surface area contributed by atoms with Crippen LogP contribution in [0.4, 0.5) is 14.5 Å². The van der Waals surface area contributed by atoms with Crippen LogP contribution in [0.5, 0.6) is 0 Å². The number of hydrogen-bond donors (Lipinski definition) is 4. The van der Waals surface area contributed by atoms with Crippen LogP contribution in [0.3, 0.4) is 0 Å². The van der Waals surface area contributed by atoms with Crippen LogP contribution in [-0.4, -0.2) is 29.8 Å². The van der Waals surface area contributed by atoms with Gasteiger partial charge in [-0.15, -0.1) is 0 Å². The van der Waals surface area contributed by atoms with Crippen LogP contribution in [-0.2, 0) is 4.79 Å². The van der Waals surface area contributed by atoms with Crippen molar-refractivity contribution in [3.8, 4) is 11.8 Å². The van der Waals surface area contributed by atoms with Crippen LogP contribution >= 0.6 is 0 Å². The maximum Gasteiger partial charge on any atom is 0.258 e. The molecule has 0 aliphatic carbocycles. The molecule has 2 aromatic carbocycles. The van der Waals surface area contributed by atoms with Gasteiger partial charge in [0.25, 0.3) is 12.3 Å². The second-order valence-electron chi connectivity index (χ2n) is 6.42. The number of nitrogens with two attached hydrogens (primary N) is 3. The summed E-state index contributed by atoms with van der Waals surface area (Å²) in [6.45, 7) is 0.948. The molecule has 0 aliphatic heterocycles. The average Bonchev–Trinajstić information content (AvgIpc) is 2.65. The number of carbonyl (C=O) groups is 2. The van der Waals surface area contributed by atoms with E-state index in [0.29, 0.717) is 11.3 Å². The van der Waals surface area contributed by atoms with Crippen molar-refractivity contribution < 1.29 is 18.4 Å². The SMILES string of the molecule is CC(N)(C(F)F)C(NC(=O)c1ccc(C#Cc2ccc(N)cc2)cc1)C(N)=O. The lowest BCUT2D eigenvalue weighted by molar-refractivity contribution is -0.123. The predicted octanol–water partition coefficient (Wildman–Crippen LogP) is 1.23. The Balaban J connectivity index is 2.13. The lowest BCUT2D eigenvalue weighted by atomic mass is 9.93. The van der Waals surface area contributed by atoms with E-state index in [9.17, 15) is 18.4 Å². The third-order valence-electron chi connectivity index (χ3n) is 4.06. The van der Waals surface area contributed by atoms with E-state index in [2.05, 4.69) is 17.2 Å². The van der Waals surface area contributed by atoms with Crippen LogP contribution in [0.1, 0.15) is 28.4 Å². The van der Waals surface area contributed by atoms with Crippen molar-refractivity contribution in [3.63, 3.8) is 0 Å². The van der Waals surface area contributed by atoms with Gasteiger partial charge < -0.3 is 22.5 Å². The molecule has 28 heavy (non-hydrogen) atoms. The molecule has 0 saturated carbocycles. The maximum absolute atomic E-state index is 13.1. The second-order valence-corrected chi connectivity index (χ2v) is 6.42. The molecule has 0 fully saturated rings. The predicted molar refractivity (Wildman–Crippen MR) is 102 cm³/mol. The number of rotatable bonds is 5. The fourth-order valence-electron chi connectivity index (χ4n) is 2.29. The highest BCUT2D eigenvalue weighted by Gasteiger charge is 2.43. The van der Waals surface area contributed by atoms with Crippen molar-refractivity contribution in [2.75, 3.05) is 5.73 Å². The number of nitrogens with one attached hydrogen (secondary N) is 1. The highest BCUT2D eigenvalue weighted by molar-refractivity contribution is 5.97. The minimum atomic E-state index is -3.06. The lowest BCUT2D eigenvalue weighted by Crippen LogP contribution is -2.65. The van der Waals surface area contributed by atoms with Crippen molar-refractivity contribution in [1.82, 2.24) is 5.32 Å². The van der Waals surface area contributed by atoms with Gasteiger partial charge in [-0.25, -0.2) is 8.78 Å². The molecular formula is C20H20F2N4O2. The molecule has 6 nitrogen and oxygen atoms in total. The molecule has 0 aliphatic rings. The molecule has 0 aromatic heterocycles. The molecule has 2 amide bonds. The van der Waals surface area contributed by atoms with Gasteiger partial charge in [0.1, 0.15) is 11.6 Å². The smallest absolute Gasteiger partial charge is 0.258 e. The Bertz CT molecular complexity index is 914. The molecule has 2 unspecified atom stereocenters. The number of amides is 2. The normalized spacial score (nSPS) is 13.8. The number of nitrogen functional groups attached to an aromatic ring is 1. The molecule has 0 spiro atoms. The molecule has 146 valence electrons. The summed E-state index contributed by atoms with van der Waals surface area (Å²) in [5.74, 6) is 3.98. The number of carbonyl (C=O) groups excluding carboxylic acids is 2. The molecule has 0 radical (unpaired) electrons. The first-order valence-electron chi connectivity index (χ1n) is 8.26.